The summed E-state index contributed by atoms with van der Waals surface area (Å²) in [7, 11) is 0. The zero-order chi connectivity index (χ0) is 9.44. The van der Waals surface area contributed by atoms with Gasteiger partial charge < -0.3 is 20.4 Å². The third kappa shape index (κ3) is 64.8. The van der Waals surface area contributed by atoms with Crippen LogP contribution in [0.5, 0.6) is 0 Å². The van der Waals surface area contributed by atoms with E-state index < -0.39 is 24.5 Å². The van der Waals surface area contributed by atoms with E-state index in [1.807, 2.05) is 0 Å². The van der Waals surface area contributed by atoms with Gasteiger partial charge in [0.05, 0.1) is 0 Å². The minimum Gasteiger partial charge on any atom is -0.481 e. The van der Waals surface area contributed by atoms with E-state index in [1.54, 1.807) is 0 Å². The SMILES string of the molecule is O=C(O)CC(=O)O.O=C(O)O. The summed E-state index contributed by atoms with van der Waals surface area (Å²) in [6.07, 6.45) is -2.64. The lowest BCUT2D eigenvalue weighted by Crippen LogP contribution is -2.03. The first-order valence-electron chi connectivity index (χ1n) is 2.21. The van der Waals surface area contributed by atoms with Gasteiger partial charge in [-0.05, 0) is 0 Å². The van der Waals surface area contributed by atoms with Crippen molar-refractivity contribution < 1.29 is 34.8 Å². The van der Waals surface area contributed by atoms with Crippen LogP contribution in [0.4, 0.5) is 4.79 Å². The fourth-order valence-electron chi connectivity index (χ4n) is 0.129. The number of rotatable bonds is 2. The Morgan fingerprint density at radius 2 is 1.00 bits per heavy atom. The second kappa shape index (κ2) is 6.33. The average Bonchev–Trinajstić information content (AvgIpc) is 1.56. The van der Waals surface area contributed by atoms with Gasteiger partial charge >= 0.3 is 18.1 Å². The number of carbonyl (C=O) groups is 3. The van der Waals surface area contributed by atoms with Crippen LogP contribution in [0.2, 0.25) is 0 Å². The summed E-state index contributed by atoms with van der Waals surface area (Å²) in [5.41, 5.74) is 0. The molecule has 7 heteroatoms. The van der Waals surface area contributed by atoms with E-state index in [4.69, 9.17) is 25.2 Å². The number of hydrogen-bond acceptors (Lipinski definition) is 3. The lowest BCUT2D eigenvalue weighted by molar-refractivity contribution is -0.147. The van der Waals surface area contributed by atoms with E-state index in [9.17, 15) is 9.59 Å². The molecule has 0 aromatic heterocycles. The predicted molar refractivity (Wildman–Crippen MR) is 30.5 cm³/mol. The highest BCUT2D eigenvalue weighted by atomic mass is 16.6. The van der Waals surface area contributed by atoms with E-state index in [2.05, 4.69) is 0 Å². The molecule has 0 aliphatic rings. The smallest absolute Gasteiger partial charge is 0.481 e. The quantitative estimate of drug-likeness (QED) is 0.416. The second-order valence-electron chi connectivity index (χ2n) is 1.25. The van der Waals surface area contributed by atoms with Crippen LogP contribution in [-0.4, -0.2) is 38.5 Å². The van der Waals surface area contributed by atoms with Crippen molar-refractivity contribution in [3.05, 3.63) is 0 Å². The van der Waals surface area contributed by atoms with Crippen molar-refractivity contribution >= 4 is 18.1 Å². The van der Waals surface area contributed by atoms with Crippen LogP contribution in [0.1, 0.15) is 6.42 Å². The molecule has 0 unspecified atom stereocenters. The lowest BCUT2D eigenvalue weighted by atomic mass is 10.5. The van der Waals surface area contributed by atoms with E-state index in [0.717, 1.165) is 0 Å². The van der Waals surface area contributed by atoms with Gasteiger partial charge in [0.2, 0.25) is 0 Å². The Hall–Kier alpha value is -1.79. The minimum absolute atomic E-state index is 0.806. The third-order valence-electron chi connectivity index (χ3n) is 0.302. The molecule has 7 nitrogen and oxygen atoms in total. The summed E-state index contributed by atoms with van der Waals surface area (Å²) in [6.45, 7) is 0. The van der Waals surface area contributed by atoms with Gasteiger partial charge in [-0.2, -0.15) is 0 Å². The number of carboxylic acids is 2. The summed E-state index contributed by atoms with van der Waals surface area (Å²) in [4.78, 5) is 27.4. The minimum atomic E-state index is -1.83. The second-order valence-corrected chi connectivity index (χ2v) is 1.25. The first kappa shape index (κ1) is 11.9. The first-order valence-corrected chi connectivity index (χ1v) is 2.21. The molecule has 0 fully saturated rings. The molecule has 0 amide bonds. The molecule has 4 N–H and O–H groups in total. The standard InChI is InChI=1S/C3H4O4.CH2O3/c4-2(5)1-3(6)7;2-1(3)4/h1H2,(H,4,5)(H,6,7);(H2,2,3,4). The van der Waals surface area contributed by atoms with Gasteiger partial charge in [0.1, 0.15) is 6.42 Å². The summed E-state index contributed by atoms with van der Waals surface area (Å²) in [5, 5.41) is 29.4. The number of hydrogen-bond donors (Lipinski definition) is 4. The summed E-state index contributed by atoms with van der Waals surface area (Å²) >= 11 is 0. The first-order chi connectivity index (χ1) is 4.86. The normalized spacial score (nSPS) is 7.27. The molecule has 0 spiro atoms. The van der Waals surface area contributed by atoms with E-state index in [0.29, 0.717) is 0 Å². The van der Waals surface area contributed by atoms with Crippen LogP contribution in [0.3, 0.4) is 0 Å². The van der Waals surface area contributed by atoms with Crippen LogP contribution < -0.4 is 0 Å². The van der Waals surface area contributed by atoms with Crippen LogP contribution in [0.15, 0.2) is 0 Å². The summed E-state index contributed by atoms with van der Waals surface area (Å²) in [6, 6.07) is 0. The number of aliphatic carboxylic acids is 2. The predicted octanol–water partition coefficient (Wildman–Crippen LogP) is -0.232. The molecule has 0 aromatic rings. The Bertz CT molecular complexity index is 144. The van der Waals surface area contributed by atoms with Gasteiger partial charge in [0, 0.05) is 0 Å². The molecule has 0 radical (unpaired) electrons. The highest BCUT2D eigenvalue weighted by Crippen LogP contribution is 1.74. The van der Waals surface area contributed by atoms with Crippen LogP contribution in [0.25, 0.3) is 0 Å². The van der Waals surface area contributed by atoms with Gasteiger partial charge in [-0.1, -0.05) is 0 Å². The third-order valence-corrected chi connectivity index (χ3v) is 0.302. The maximum atomic E-state index is 9.43. The molecule has 0 bridgehead atoms. The highest BCUT2D eigenvalue weighted by Gasteiger charge is 2.01. The molecule has 0 aliphatic carbocycles. The molecule has 0 heterocycles. The largest absolute Gasteiger partial charge is 0.503 e. The Balaban J connectivity index is 0. The average molecular weight is 166 g/mol. The molecule has 0 aromatic carbocycles. The van der Waals surface area contributed by atoms with Crippen molar-refractivity contribution in [3.8, 4) is 0 Å². The van der Waals surface area contributed by atoms with E-state index in [1.165, 1.54) is 0 Å². The molecule has 0 saturated carbocycles. The molecule has 0 atom stereocenters. The number of carboxylic acid groups (broad SMARTS) is 4. The lowest BCUT2D eigenvalue weighted by Gasteiger charge is -1.80. The molecule has 11 heavy (non-hydrogen) atoms. The van der Waals surface area contributed by atoms with Crippen LogP contribution in [0, 0.1) is 0 Å². The zero-order valence-electron chi connectivity index (χ0n) is 5.22. The van der Waals surface area contributed by atoms with Crippen molar-refractivity contribution in [3.63, 3.8) is 0 Å². The van der Waals surface area contributed by atoms with Gasteiger partial charge in [-0.15, -0.1) is 0 Å². The highest BCUT2D eigenvalue weighted by molar-refractivity contribution is 5.88. The molecular formula is C4H6O7. The van der Waals surface area contributed by atoms with Crippen LogP contribution >= 0.6 is 0 Å². The van der Waals surface area contributed by atoms with Crippen molar-refractivity contribution in [2.45, 2.75) is 6.42 Å². The molecule has 0 aliphatic heterocycles. The molecular weight excluding hydrogens is 160 g/mol. The fourth-order valence-corrected chi connectivity index (χ4v) is 0.129. The van der Waals surface area contributed by atoms with E-state index >= 15 is 0 Å². The zero-order valence-corrected chi connectivity index (χ0v) is 5.22. The maximum absolute atomic E-state index is 9.43. The van der Waals surface area contributed by atoms with Gasteiger partial charge in [-0.25, -0.2) is 4.79 Å². The van der Waals surface area contributed by atoms with Crippen molar-refractivity contribution in [1.29, 1.82) is 0 Å². The molecule has 0 saturated heterocycles. The maximum Gasteiger partial charge on any atom is 0.503 e. The molecule has 64 valence electrons. The Morgan fingerprint density at radius 3 is 1.00 bits per heavy atom. The van der Waals surface area contributed by atoms with Crippen molar-refractivity contribution in [2.24, 2.45) is 0 Å². The van der Waals surface area contributed by atoms with Gasteiger partial charge in [-0.3, -0.25) is 9.59 Å². The molecule has 0 rings (SSSR count). The fraction of sp³-hybridized carbons (Fsp3) is 0.250. The van der Waals surface area contributed by atoms with Gasteiger partial charge in [0.25, 0.3) is 0 Å². The summed E-state index contributed by atoms with van der Waals surface area (Å²) < 4.78 is 0. The van der Waals surface area contributed by atoms with Gasteiger partial charge in [0.15, 0.2) is 0 Å². The monoisotopic (exact) mass is 166 g/mol. The Kier molecular flexibility index (Phi) is 6.87. The Labute approximate surface area is 60.5 Å². The Morgan fingerprint density at radius 1 is 0.818 bits per heavy atom. The van der Waals surface area contributed by atoms with Crippen molar-refractivity contribution in [2.75, 3.05) is 0 Å². The van der Waals surface area contributed by atoms with E-state index in [-0.39, 0.29) is 0 Å². The van der Waals surface area contributed by atoms with Crippen LogP contribution in [-0.2, 0) is 9.59 Å². The topological polar surface area (TPSA) is 132 Å². The summed E-state index contributed by atoms with van der Waals surface area (Å²) in [5.74, 6) is -2.62. The van der Waals surface area contributed by atoms with Crippen molar-refractivity contribution in [1.82, 2.24) is 0 Å².